The van der Waals surface area contributed by atoms with Crippen molar-refractivity contribution < 1.29 is 0 Å². The monoisotopic (exact) mass is 284 g/mol. The minimum absolute atomic E-state index is 0.624. The van der Waals surface area contributed by atoms with Gasteiger partial charge >= 0.3 is 0 Å². The normalized spacial score (nSPS) is 10.6. The van der Waals surface area contributed by atoms with E-state index in [4.69, 9.17) is 0 Å². The third kappa shape index (κ3) is 2.21. The molecule has 0 aromatic carbocycles. The molecule has 0 radical (unpaired) electrons. The first kappa shape index (κ1) is 10.6. The summed E-state index contributed by atoms with van der Waals surface area (Å²) in [6.07, 6.45) is 0.847. The molecule has 0 bridgehead atoms. The van der Waals surface area contributed by atoms with Gasteiger partial charge in [-0.15, -0.1) is 0 Å². The summed E-state index contributed by atoms with van der Waals surface area (Å²) in [6.45, 7) is 3.98. The van der Waals surface area contributed by atoms with Gasteiger partial charge in [0.15, 0.2) is 0 Å². The average Bonchev–Trinajstić information content (AvgIpc) is 2.65. The summed E-state index contributed by atoms with van der Waals surface area (Å²) in [5.74, 6) is 0. The van der Waals surface area contributed by atoms with Gasteiger partial charge in [-0.05, 0) is 46.9 Å². The van der Waals surface area contributed by atoms with E-state index in [2.05, 4.69) is 42.4 Å². The predicted octanol–water partition coefficient (Wildman–Crippen LogP) is 2.63. The lowest BCUT2D eigenvalue weighted by Crippen LogP contribution is -1.97. The molecule has 0 saturated heterocycles. The van der Waals surface area contributed by atoms with Crippen molar-refractivity contribution in [2.24, 2.45) is 0 Å². The van der Waals surface area contributed by atoms with Crippen molar-refractivity contribution in [3.8, 4) is 10.6 Å². The fourth-order valence-electron chi connectivity index (χ4n) is 1.28. The van der Waals surface area contributed by atoms with E-state index < -0.39 is 0 Å². The number of hydrogen-bond donors (Lipinski definition) is 0. The molecule has 6 heteroatoms. The van der Waals surface area contributed by atoms with Crippen LogP contribution in [0.2, 0.25) is 0 Å². The van der Waals surface area contributed by atoms with Crippen LogP contribution in [0.4, 0.5) is 0 Å². The molecule has 0 atom stereocenters. The Morgan fingerprint density at radius 2 is 2.20 bits per heavy atom. The van der Waals surface area contributed by atoms with Gasteiger partial charge in [0.2, 0.25) is 4.73 Å². The lowest BCUT2D eigenvalue weighted by molar-refractivity contribution is 0.896. The van der Waals surface area contributed by atoms with Crippen LogP contribution in [0, 0.1) is 6.92 Å². The van der Waals surface area contributed by atoms with Gasteiger partial charge < -0.3 is 0 Å². The number of halogens is 1. The molecule has 2 heterocycles. The molecule has 2 rings (SSSR count). The molecule has 15 heavy (non-hydrogen) atoms. The topological polar surface area (TPSA) is 51.6 Å². The van der Waals surface area contributed by atoms with Crippen LogP contribution in [0.5, 0.6) is 0 Å². The fraction of sp³-hybridized carbons (Fsp3) is 0.333. The molecule has 0 unspecified atom stereocenters. The molecule has 0 spiro atoms. The molecule has 78 valence electrons. The standard InChI is InChI=1S/C9H9BrN4S/c1-3-7-6(4-5(2)12-13-7)8-11-9(10)14-15-8/h4H,3H2,1-2H3. The highest BCUT2D eigenvalue weighted by atomic mass is 79.9. The average molecular weight is 285 g/mol. The van der Waals surface area contributed by atoms with Gasteiger partial charge in [0.1, 0.15) is 5.01 Å². The van der Waals surface area contributed by atoms with E-state index in [0.29, 0.717) is 4.73 Å². The number of aryl methyl sites for hydroxylation is 2. The first-order chi connectivity index (χ1) is 7.20. The zero-order valence-corrected chi connectivity index (χ0v) is 10.8. The molecule has 4 nitrogen and oxygen atoms in total. The summed E-state index contributed by atoms with van der Waals surface area (Å²) in [5, 5.41) is 9.08. The molecule has 2 aromatic rings. The van der Waals surface area contributed by atoms with E-state index in [1.807, 2.05) is 13.0 Å². The Labute approximate surface area is 100 Å². The van der Waals surface area contributed by atoms with Gasteiger partial charge in [0.05, 0.1) is 11.4 Å². The Morgan fingerprint density at radius 3 is 2.80 bits per heavy atom. The zero-order chi connectivity index (χ0) is 10.8. The quantitative estimate of drug-likeness (QED) is 0.851. The Bertz CT molecular complexity index is 483. The number of hydrogen-bond acceptors (Lipinski definition) is 5. The van der Waals surface area contributed by atoms with Crippen molar-refractivity contribution >= 4 is 27.5 Å². The van der Waals surface area contributed by atoms with E-state index >= 15 is 0 Å². The molecule has 0 amide bonds. The van der Waals surface area contributed by atoms with Crippen LogP contribution in [0.1, 0.15) is 18.3 Å². The molecule has 0 saturated carbocycles. The third-order valence-corrected chi connectivity index (χ3v) is 3.30. The second-order valence-corrected chi connectivity index (χ2v) is 4.53. The van der Waals surface area contributed by atoms with E-state index in [1.54, 1.807) is 0 Å². The minimum Gasteiger partial charge on any atom is -0.209 e. The maximum Gasteiger partial charge on any atom is 0.209 e. The van der Waals surface area contributed by atoms with Gasteiger partial charge in [-0.25, -0.2) is 4.98 Å². The summed E-state index contributed by atoms with van der Waals surface area (Å²) < 4.78 is 4.72. The van der Waals surface area contributed by atoms with E-state index in [1.165, 1.54) is 11.5 Å². The van der Waals surface area contributed by atoms with Crippen molar-refractivity contribution in [3.63, 3.8) is 0 Å². The fourth-order valence-corrected chi connectivity index (χ4v) is 2.39. The van der Waals surface area contributed by atoms with E-state index in [9.17, 15) is 0 Å². The van der Waals surface area contributed by atoms with E-state index in [-0.39, 0.29) is 0 Å². The summed E-state index contributed by atoms with van der Waals surface area (Å²) >= 11 is 4.61. The molecule has 0 aliphatic carbocycles. The zero-order valence-electron chi connectivity index (χ0n) is 8.36. The van der Waals surface area contributed by atoms with Crippen molar-refractivity contribution in [2.45, 2.75) is 20.3 Å². The van der Waals surface area contributed by atoms with Crippen molar-refractivity contribution in [1.82, 2.24) is 19.6 Å². The second-order valence-electron chi connectivity index (χ2n) is 3.07. The second kappa shape index (κ2) is 4.32. The number of aromatic nitrogens is 4. The molecule has 2 aromatic heterocycles. The van der Waals surface area contributed by atoms with Crippen LogP contribution >= 0.6 is 27.5 Å². The Morgan fingerprint density at radius 1 is 1.40 bits per heavy atom. The third-order valence-electron chi connectivity index (χ3n) is 1.96. The summed E-state index contributed by atoms with van der Waals surface area (Å²) in [5.41, 5.74) is 2.89. The maximum atomic E-state index is 4.29. The first-order valence-corrected chi connectivity index (χ1v) is 6.10. The molecule has 0 N–H and O–H groups in total. The van der Waals surface area contributed by atoms with E-state index in [0.717, 1.165) is 28.4 Å². The molecular weight excluding hydrogens is 276 g/mol. The summed E-state index contributed by atoms with van der Waals surface area (Å²) in [4.78, 5) is 4.29. The summed E-state index contributed by atoms with van der Waals surface area (Å²) in [6, 6.07) is 2.00. The molecule has 0 aliphatic rings. The Hall–Kier alpha value is -0.880. The highest BCUT2D eigenvalue weighted by Gasteiger charge is 2.11. The van der Waals surface area contributed by atoms with Gasteiger partial charge in [0, 0.05) is 5.56 Å². The lowest BCUT2D eigenvalue weighted by Gasteiger charge is -2.02. The highest BCUT2D eigenvalue weighted by molar-refractivity contribution is 9.10. The minimum atomic E-state index is 0.624. The van der Waals surface area contributed by atoms with Crippen molar-refractivity contribution in [2.75, 3.05) is 0 Å². The van der Waals surface area contributed by atoms with Crippen molar-refractivity contribution in [1.29, 1.82) is 0 Å². The lowest BCUT2D eigenvalue weighted by atomic mass is 10.1. The van der Waals surface area contributed by atoms with Gasteiger partial charge in [-0.3, -0.25) is 0 Å². The Kier molecular flexibility index (Phi) is 3.06. The molecule has 0 fully saturated rings. The van der Waals surface area contributed by atoms with Crippen LogP contribution in [0.15, 0.2) is 10.8 Å². The summed E-state index contributed by atoms with van der Waals surface area (Å²) in [7, 11) is 0. The molecule has 0 aliphatic heterocycles. The van der Waals surface area contributed by atoms with Crippen molar-refractivity contribution in [3.05, 3.63) is 22.2 Å². The SMILES string of the molecule is CCc1nnc(C)cc1-c1nc(Br)ns1. The highest BCUT2D eigenvalue weighted by Crippen LogP contribution is 2.26. The molecular formula is C9H9BrN4S. The Balaban J connectivity index is 2.55. The van der Waals surface area contributed by atoms with Gasteiger partial charge in [0.25, 0.3) is 0 Å². The first-order valence-electron chi connectivity index (χ1n) is 4.53. The maximum absolute atomic E-state index is 4.29. The van der Waals surface area contributed by atoms with Crippen LogP contribution in [-0.2, 0) is 6.42 Å². The smallest absolute Gasteiger partial charge is 0.209 e. The number of nitrogens with zero attached hydrogens (tertiary/aromatic N) is 4. The van der Waals surface area contributed by atoms with Crippen LogP contribution in [0.25, 0.3) is 10.6 Å². The number of rotatable bonds is 2. The predicted molar refractivity (Wildman–Crippen MR) is 62.8 cm³/mol. The van der Waals surface area contributed by atoms with Crippen LogP contribution in [-0.4, -0.2) is 19.6 Å². The van der Waals surface area contributed by atoms with Crippen LogP contribution < -0.4 is 0 Å². The largest absolute Gasteiger partial charge is 0.209 e. The van der Waals surface area contributed by atoms with Gasteiger partial charge in [-0.2, -0.15) is 14.6 Å². The van der Waals surface area contributed by atoms with Crippen LogP contribution in [0.3, 0.4) is 0 Å². The van der Waals surface area contributed by atoms with Gasteiger partial charge in [-0.1, -0.05) is 6.92 Å².